The molecule has 0 spiro atoms. The highest BCUT2D eigenvalue weighted by Gasteiger charge is 2.14. The number of aryl methyl sites for hydroxylation is 4. The van der Waals surface area contributed by atoms with E-state index in [-0.39, 0.29) is 5.69 Å². The molecule has 0 radical (unpaired) electrons. The first kappa shape index (κ1) is 19.6. The molecule has 1 N–H and O–H groups in total. The summed E-state index contributed by atoms with van der Waals surface area (Å²) in [6, 6.07) is 19.6. The number of H-pyrrole nitrogens is 1. The van der Waals surface area contributed by atoms with Crippen molar-refractivity contribution in [1.82, 2.24) is 14.6 Å². The quantitative estimate of drug-likeness (QED) is 0.503. The SMILES string of the molecule is Cc1cc(Oc2ccccc2C)ccc1OCc1c(C)cccc1-n1[nH]n(C)c1=O. The van der Waals surface area contributed by atoms with Crippen LogP contribution in [0.25, 0.3) is 5.69 Å². The van der Waals surface area contributed by atoms with Gasteiger partial charge in [-0.25, -0.2) is 14.7 Å². The lowest BCUT2D eigenvalue weighted by molar-refractivity contribution is 0.301. The molecule has 0 amide bonds. The number of hydrogen-bond acceptors (Lipinski definition) is 3. The number of nitrogens with one attached hydrogen (secondary N) is 1. The van der Waals surface area contributed by atoms with Crippen LogP contribution in [0, 0.1) is 20.8 Å². The van der Waals surface area contributed by atoms with Crippen LogP contribution >= 0.6 is 0 Å². The van der Waals surface area contributed by atoms with Gasteiger partial charge >= 0.3 is 5.69 Å². The van der Waals surface area contributed by atoms with E-state index in [1.165, 1.54) is 9.36 Å². The van der Waals surface area contributed by atoms with Crippen molar-refractivity contribution in [2.45, 2.75) is 27.4 Å². The van der Waals surface area contributed by atoms with Crippen molar-refractivity contribution in [3.8, 4) is 22.9 Å². The van der Waals surface area contributed by atoms with Gasteiger partial charge in [-0.05, 0) is 67.8 Å². The molecular weight excluding hydrogens is 378 g/mol. The van der Waals surface area contributed by atoms with Gasteiger partial charge in [-0.3, -0.25) is 0 Å². The number of para-hydroxylation sites is 1. The van der Waals surface area contributed by atoms with Crippen molar-refractivity contribution < 1.29 is 9.47 Å². The molecule has 4 aromatic rings. The van der Waals surface area contributed by atoms with Crippen LogP contribution in [-0.2, 0) is 13.7 Å². The van der Waals surface area contributed by atoms with Crippen molar-refractivity contribution in [2.75, 3.05) is 0 Å². The molecule has 0 aliphatic carbocycles. The monoisotopic (exact) mass is 403 g/mol. The zero-order valence-electron chi connectivity index (χ0n) is 17.6. The van der Waals surface area contributed by atoms with Gasteiger partial charge in [-0.2, -0.15) is 4.68 Å². The average Bonchev–Trinajstić information content (AvgIpc) is 2.73. The molecule has 6 nitrogen and oxygen atoms in total. The van der Waals surface area contributed by atoms with Crippen molar-refractivity contribution in [2.24, 2.45) is 7.05 Å². The molecule has 0 aliphatic heterocycles. The molecule has 0 bridgehead atoms. The van der Waals surface area contributed by atoms with E-state index in [0.29, 0.717) is 6.61 Å². The lowest BCUT2D eigenvalue weighted by atomic mass is 10.1. The number of nitrogens with zero attached hydrogens (tertiary/aromatic N) is 2. The zero-order valence-corrected chi connectivity index (χ0v) is 17.6. The van der Waals surface area contributed by atoms with Gasteiger partial charge in [0.15, 0.2) is 0 Å². The molecule has 0 unspecified atom stereocenters. The van der Waals surface area contributed by atoms with Crippen molar-refractivity contribution in [3.63, 3.8) is 0 Å². The summed E-state index contributed by atoms with van der Waals surface area (Å²) in [5.41, 5.74) is 4.79. The first-order chi connectivity index (χ1) is 14.4. The summed E-state index contributed by atoms with van der Waals surface area (Å²) in [7, 11) is 1.69. The number of benzene rings is 3. The first-order valence-corrected chi connectivity index (χ1v) is 9.83. The number of rotatable bonds is 6. The normalized spacial score (nSPS) is 10.9. The fourth-order valence-corrected chi connectivity index (χ4v) is 3.38. The number of aromatic nitrogens is 3. The molecule has 6 heteroatoms. The number of aromatic amines is 1. The molecule has 0 saturated heterocycles. The van der Waals surface area contributed by atoms with Gasteiger partial charge in [-0.15, -0.1) is 0 Å². The molecule has 1 heterocycles. The van der Waals surface area contributed by atoms with Crippen molar-refractivity contribution in [1.29, 1.82) is 0 Å². The third-order valence-corrected chi connectivity index (χ3v) is 5.19. The summed E-state index contributed by atoms with van der Waals surface area (Å²) in [6.45, 7) is 6.39. The lowest BCUT2D eigenvalue weighted by Gasteiger charge is -2.19. The minimum absolute atomic E-state index is 0.101. The fourth-order valence-electron chi connectivity index (χ4n) is 3.38. The Balaban J connectivity index is 1.53. The Morgan fingerprint density at radius 3 is 2.33 bits per heavy atom. The maximum Gasteiger partial charge on any atom is 0.364 e. The topological polar surface area (TPSA) is 61.2 Å². The van der Waals surface area contributed by atoms with Crippen LogP contribution in [0.5, 0.6) is 17.2 Å². The zero-order chi connectivity index (χ0) is 21.3. The standard InChI is InChI=1S/C24H25N3O3/c1-16-9-7-10-21(27-24(28)26(4)25-27)20(16)15-29-22-13-12-19(14-18(22)3)30-23-11-6-5-8-17(23)2/h5-14,25H,15H2,1-4H3. The van der Waals surface area contributed by atoms with Gasteiger partial charge in [0.25, 0.3) is 0 Å². The van der Waals surface area contributed by atoms with E-state index >= 15 is 0 Å². The molecule has 0 fully saturated rings. The summed E-state index contributed by atoms with van der Waals surface area (Å²) < 4.78 is 15.1. The van der Waals surface area contributed by atoms with Gasteiger partial charge in [-0.1, -0.05) is 30.3 Å². The summed E-state index contributed by atoms with van der Waals surface area (Å²) >= 11 is 0. The van der Waals surface area contributed by atoms with Gasteiger partial charge in [0.05, 0.1) is 5.69 Å². The van der Waals surface area contributed by atoms with Gasteiger partial charge in [0.1, 0.15) is 23.9 Å². The molecule has 154 valence electrons. The summed E-state index contributed by atoms with van der Waals surface area (Å²) in [5, 5.41) is 2.97. The maximum atomic E-state index is 12.1. The molecule has 3 aromatic carbocycles. The van der Waals surface area contributed by atoms with Crippen LogP contribution in [0.2, 0.25) is 0 Å². The third-order valence-electron chi connectivity index (χ3n) is 5.19. The maximum absolute atomic E-state index is 12.1. The smallest absolute Gasteiger partial charge is 0.364 e. The van der Waals surface area contributed by atoms with Crippen LogP contribution in [-0.4, -0.2) is 14.6 Å². The fraction of sp³-hybridized carbons (Fsp3) is 0.208. The van der Waals surface area contributed by atoms with Crippen LogP contribution in [0.1, 0.15) is 22.3 Å². The largest absolute Gasteiger partial charge is 0.489 e. The van der Waals surface area contributed by atoms with Crippen molar-refractivity contribution >= 4 is 0 Å². The Morgan fingerprint density at radius 1 is 0.867 bits per heavy atom. The average molecular weight is 403 g/mol. The predicted octanol–water partition coefficient (Wildman–Crippen LogP) is 4.80. The number of ether oxygens (including phenoxy) is 2. The van der Waals surface area contributed by atoms with E-state index in [0.717, 1.165) is 45.2 Å². The second-order valence-electron chi connectivity index (χ2n) is 7.43. The molecule has 0 saturated carbocycles. The van der Waals surface area contributed by atoms with Crippen LogP contribution < -0.4 is 15.2 Å². The predicted molar refractivity (Wildman–Crippen MR) is 117 cm³/mol. The molecule has 0 atom stereocenters. The van der Waals surface area contributed by atoms with Crippen LogP contribution in [0.15, 0.2) is 65.5 Å². The number of hydrogen-bond donors (Lipinski definition) is 1. The summed E-state index contributed by atoms with van der Waals surface area (Å²) in [4.78, 5) is 12.1. The molecule has 30 heavy (non-hydrogen) atoms. The van der Waals surface area contributed by atoms with Crippen LogP contribution in [0.4, 0.5) is 0 Å². The molecular formula is C24H25N3O3. The third kappa shape index (κ3) is 3.76. The Labute approximate surface area is 175 Å². The first-order valence-electron chi connectivity index (χ1n) is 9.83. The Hall–Kier alpha value is -3.67. The molecule has 4 rings (SSSR count). The highest BCUT2D eigenvalue weighted by molar-refractivity contribution is 5.46. The second-order valence-corrected chi connectivity index (χ2v) is 7.43. The Kier molecular flexibility index (Phi) is 5.23. The second kappa shape index (κ2) is 7.99. The Morgan fingerprint density at radius 2 is 1.63 bits per heavy atom. The lowest BCUT2D eigenvalue weighted by Crippen LogP contribution is -2.40. The highest BCUT2D eigenvalue weighted by atomic mass is 16.5. The van der Waals surface area contributed by atoms with Gasteiger partial charge in [0, 0.05) is 12.6 Å². The van der Waals surface area contributed by atoms with E-state index < -0.39 is 0 Å². The minimum Gasteiger partial charge on any atom is -0.489 e. The summed E-state index contributed by atoms with van der Waals surface area (Å²) in [6.07, 6.45) is 0. The molecule has 0 aliphatic rings. The Bertz CT molecular complexity index is 1250. The van der Waals surface area contributed by atoms with E-state index in [1.807, 2.05) is 81.4 Å². The van der Waals surface area contributed by atoms with Gasteiger partial charge in [0.2, 0.25) is 0 Å². The highest BCUT2D eigenvalue weighted by Crippen LogP contribution is 2.30. The summed E-state index contributed by atoms with van der Waals surface area (Å²) in [5.74, 6) is 2.39. The minimum atomic E-state index is -0.101. The molecule has 1 aromatic heterocycles. The van der Waals surface area contributed by atoms with E-state index in [9.17, 15) is 4.79 Å². The van der Waals surface area contributed by atoms with Gasteiger partial charge < -0.3 is 9.47 Å². The van der Waals surface area contributed by atoms with Crippen LogP contribution in [0.3, 0.4) is 0 Å². The van der Waals surface area contributed by atoms with Crippen molar-refractivity contribution in [3.05, 3.63) is 93.4 Å². The van der Waals surface area contributed by atoms with E-state index in [2.05, 4.69) is 5.21 Å². The van der Waals surface area contributed by atoms with E-state index in [4.69, 9.17) is 9.47 Å². The van der Waals surface area contributed by atoms with E-state index in [1.54, 1.807) is 7.05 Å².